The smallest absolute Gasteiger partial charge is 0.139 e. The Balaban J connectivity index is 1.17. The summed E-state index contributed by atoms with van der Waals surface area (Å²) < 4.78 is 7.09. The largest absolute Gasteiger partial charge is 0.456 e. The summed E-state index contributed by atoms with van der Waals surface area (Å²) in [4.78, 5) is 2.42. The zero-order valence-electron chi connectivity index (χ0n) is 32.1. The maximum atomic E-state index is 7.09. The van der Waals surface area contributed by atoms with Crippen molar-refractivity contribution in [2.45, 2.75) is 12.3 Å². The first kappa shape index (κ1) is 33.9. The lowest BCUT2D eigenvalue weighted by atomic mass is 9.74. The average Bonchev–Trinajstić information content (AvgIpc) is 3.81. The molecule has 1 heterocycles. The summed E-state index contributed by atoms with van der Waals surface area (Å²) in [5, 5.41) is 2.18. The first-order chi connectivity index (χ1) is 28.6. The third-order valence-electron chi connectivity index (χ3n) is 12.1. The van der Waals surface area contributed by atoms with Crippen molar-refractivity contribution in [2.24, 2.45) is 0 Å². The maximum absolute atomic E-state index is 7.09. The molecule has 0 bridgehead atoms. The Labute approximate surface area is 338 Å². The van der Waals surface area contributed by atoms with Crippen LogP contribution in [-0.2, 0) is 5.41 Å². The van der Waals surface area contributed by atoms with Crippen LogP contribution in [-0.4, -0.2) is 0 Å². The molecule has 9 aromatic carbocycles. The van der Waals surface area contributed by atoms with Crippen LogP contribution in [0, 0.1) is 0 Å². The van der Waals surface area contributed by atoms with Gasteiger partial charge in [-0.1, -0.05) is 176 Å². The number of anilines is 3. The molecule has 0 unspecified atom stereocenters. The summed E-state index contributed by atoms with van der Waals surface area (Å²) in [5.74, 6) is 0. The fourth-order valence-corrected chi connectivity index (χ4v) is 9.35. The molecule has 0 aliphatic heterocycles. The van der Waals surface area contributed by atoms with E-state index in [1.807, 2.05) is 0 Å². The third-order valence-corrected chi connectivity index (χ3v) is 12.1. The van der Waals surface area contributed by atoms with Gasteiger partial charge in [0.15, 0.2) is 0 Å². The van der Waals surface area contributed by atoms with Crippen molar-refractivity contribution in [1.82, 2.24) is 0 Å². The molecule has 10 aromatic rings. The van der Waals surface area contributed by atoms with Crippen LogP contribution in [0.2, 0.25) is 0 Å². The Bertz CT molecular complexity index is 3000. The van der Waals surface area contributed by atoms with E-state index in [0.29, 0.717) is 0 Å². The van der Waals surface area contributed by atoms with E-state index in [1.54, 1.807) is 0 Å². The van der Waals surface area contributed by atoms with E-state index in [-0.39, 0.29) is 0 Å². The molecular formula is C56H39NO. The molecule has 0 amide bonds. The van der Waals surface area contributed by atoms with Crippen LogP contribution >= 0.6 is 0 Å². The van der Waals surface area contributed by atoms with Crippen LogP contribution in [0.25, 0.3) is 66.4 Å². The normalized spacial score (nSPS) is 12.7. The van der Waals surface area contributed by atoms with Gasteiger partial charge in [0.05, 0.1) is 11.1 Å². The van der Waals surface area contributed by atoms with E-state index < -0.39 is 5.41 Å². The zero-order chi connectivity index (χ0) is 38.6. The SMILES string of the molecule is CC1(c2cccc3c2oc2cccc(N(c4ccc(-c5ccccc5)cc4)c4cc(-c5ccccc5)cc(-c5ccccc5)c4)c23)c2ccccc2-c2ccccc21. The zero-order valence-corrected chi connectivity index (χ0v) is 32.1. The Morgan fingerprint density at radius 3 is 1.45 bits per heavy atom. The molecule has 0 N–H and O–H groups in total. The summed E-state index contributed by atoms with van der Waals surface area (Å²) in [6.45, 7) is 2.36. The highest BCUT2D eigenvalue weighted by molar-refractivity contribution is 6.14. The summed E-state index contributed by atoms with van der Waals surface area (Å²) in [7, 11) is 0. The predicted molar refractivity (Wildman–Crippen MR) is 242 cm³/mol. The highest BCUT2D eigenvalue weighted by Gasteiger charge is 2.42. The fraction of sp³-hybridized carbons (Fsp3) is 0.0357. The monoisotopic (exact) mass is 741 g/mol. The first-order valence-corrected chi connectivity index (χ1v) is 20.0. The lowest BCUT2D eigenvalue weighted by molar-refractivity contribution is 0.638. The summed E-state index contributed by atoms with van der Waals surface area (Å²) in [5.41, 5.74) is 17.9. The number of para-hydroxylation sites is 1. The van der Waals surface area contributed by atoms with Crippen molar-refractivity contribution in [3.05, 3.63) is 235 Å². The number of fused-ring (bicyclic) bond motifs is 6. The van der Waals surface area contributed by atoms with Crippen molar-refractivity contribution in [3.63, 3.8) is 0 Å². The summed E-state index contributed by atoms with van der Waals surface area (Å²) in [6, 6.07) is 78.8. The Kier molecular flexibility index (Phi) is 7.97. The van der Waals surface area contributed by atoms with Crippen LogP contribution in [0.3, 0.4) is 0 Å². The van der Waals surface area contributed by atoms with Crippen molar-refractivity contribution >= 4 is 39.0 Å². The van der Waals surface area contributed by atoms with Crippen LogP contribution in [0.15, 0.2) is 223 Å². The van der Waals surface area contributed by atoms with E-state index in [4.69, 9.17) is 4.42 Å². The molecule has 1 aliphatic rings. The number of rotatable bonds is 7. The van der Waals surface area contributed by atoms with Gasteiger partial charge in [-0.05, 0) is 105 Å². The van der Waals surface area contributed by atoms with Crippen molar-refractivity contribution in [2.75, 3.05) is 4.90 Å². The standard InChI is InChI=1S/C56H39NO/c1-56(49-26-13-11-23-46(49)47-24-12-14-27-50(47)56)51-28-15-25-48-54-52(29-16-30-53(54)58-55(48)51)57(44-33-31-41(32-34-44)38-17-5-2-6-18-38)45-36-42(39-19-7-3-8-20-39)35-43(37-45)40-21-9-4-10-22-40/h2-37H,1H3. The van der Waals surface area contributed by atoms with Crippen molar-refractivity contribution < 1.29 is 4.42 Å². The molecule has 2 heteroatoms. The molecule has 1 aromatic heterocycles. The molecule has 11 rings (SSSR count). The Hall–Kier alpha value is -7.42. The molecular weight excluding hydrogens is 703 g/mol. The van der Waals surface area contributed by atoms with Crippen LogP contribution in [0.1, 0.15) is 23.6 Å². The van der Waals surface area contributed by atoms with Gasteiger partial charge in [-0.3, -0.25) is 0 Å². The number of hydrogen-bond acceptors (Lipinski definition) is 2. The molecule has 0 fully saturated rings. The van der Waals surface area contributed by atoms with E-state index in [1.165, 1.54) is 50.1 Å². The molecule has 0 saturated heterocycles. The Morgan fingerprint density at radius 1 is 0.379 bits per heavy atom. The molecule has 0 atom stereocenters. The topological polar surface area (TPSA) is 16.4 Å². The molecule has 0 saturated carbocycles. The van der Waals surface area contributed by atoms with Crippen LogP contribution in [0.4, 0.5) is 17.1 Å². The summed E-state index contributed by atoms with van der Waals surface area (Å²) >= 11 is 0. The molecule has 58 heavy (non-hydrogen) atoms. The van der Waals surface area contributed by atoms with E-state index >= 15 is 0 Å². The Morgan fingerprint density at radius 2 is 0.862 bits per heavy atom. The van der Waals surface area contributed by atoms with E-state index in [0.717, 1.165) is 50.1 Å². The van der Waals surface area contributed by atoms with E-state index in [9.17, 15) is 0 Å². The second-order valence-electron chi connectivity index (χ2n) is 15.4. The minimum Gasteiger partial charge on any atom is -0.456 e. The maximum Gasteiger partial charge on any atom is 0.139 e. The number of nitrogens with zero attached hydrogens (tertiary/aromatic N) is 1. The van der Waals surface area contributed by atoms with Crippen LogP contribution in [0.5, 0.6) is 0 Å². The number of furan rings is 1. The fourth-order valence-electron chi connectivity index (χ4n) is 9.35. The van der Waals surface area contributed by atoms with Crippen LogP contribution < -0.4 is 4.90 Å². The molecule has 0 radical (unpaired) electrons. The lowest BCUT2D eigenvalue weighted by Gasteiger charge is -2.28. The predicted octanol–water partition coefficient (Wildman–Crippen LogP) is 15.4. The van der Waals surface area contributed by atoms with Gasteiger partial charge in [-0.25, -0.2) is 0 Å². The van der Waals surface area contributed by atoms with Gasteiger partial charge < -0.3 is 9.32 Å². The molecule has 1 aliphatic carbocycles. The minimum atomic E-state index is -0.401. The van der Waals surface area contributed by atoms with Gasteiger partial charge in [0.1, 0.15) is 11.2 Å². The van der Waals surface area contributed by atoms with Crippen molar-refractivity contribution in [3.8, 4) is 44.5 Å². The highest BCUT2D eigenvalue weighted by atomic mass is 16.3. The van der Waals surface area contributed by atoms with Gasteiger partial charge in [0.2, 0.25) is 0 Å². The minimum absolute atomic E-state index is 0.401. The summed E-state index contributed by atoms with van der Waals surface area (Å²) in [6.07, 6.45) is 0. The molecule has 2 nitrogen and oxygen atoms in total. The molecule has 274 valence electrons. The highest BCUT2D eigenvalue weighted by Crippen LogP contribution is 2.55. The van der Waals surface area contributed by atoms with Gasteiger partial charge in [0.25, 0.3) is 0 Å². The first-order valence-electron chi connectivity index (χ1n) is 20.0. The second kappa shape index (κ2) is 13.7. The van der Waals surface area contributed by atoms with Gasteiger partial charge in [-0.15, -0.1) is 0 Å². The number of benzene rings is 9. The van der Waals surface area contributed by atoms with Gasteiger partial charge in [0, 0.05) is 27.7 Å². The van der Waals surface area contributed by atoms with Gasteiger partial charge in [-0.2, -0.15) is 0 Å². The van der Waals surface area contributed by atoms with Gasteiger partial charge >= 0.3 is 0 Å². The van der Waals surface area contributed by atoms with Crippen molar-refractivity contribution in [1.29, 1.82) is 0 Å². The van der Waals surface area contributed by atoms with E-state index in [2.05, 4.69) is 230 Å². The lowest BCUT2D eigenvalue weighted by Crippen LogP contribution is -2.22. The number of hydrogen-bond donors (Lipinski definition) is 0. The molecule has 0 spiro atoms. The third kappa shape index (κ3) is 5.41. The quantitative estimate of drug-likeness (QED) is 0.162. The average molecular weight is 742 g/mol. The second-order valence-corrected chi connectivity index (χ2v) is 15.4.